The SMILES string of the molecule is BrB(Br)Br.C.C=CC(=O)Cl.C=CC(=O)N1CC2(C1)CN(c1snc3c(F)c(-c4cc(OC)cc5ccccc45)c(Cl)cc13)C2.C=CC(=O)N1CC2(C1)CN(c1snc3c(F)c(Br)c(Cl)cc13)C2.CC(C)(C)OC(=O)N1CC2(C1)CN(c1snc3c(F)c(Br)c(Cl)cc13)C2.CC(C)(C)OC(=O)N1CC2(CNC2)C1.COc1cc(O[B]O)c2ccccc2c1.Fc1c(Br)c(Cl)cc2c(Cl)snc12. The number of carbonyl (C=O) groups is 5. The average molecular weight is 2430 g/mol. The van der Waals surface area contributed by atoms with Gasteiger partial charge < -0.3 is 68.2 Å². The van der Waals surface area contributed by atoms with Crippen LogP contribution >= 0.6 is 211 Å². The van der Waals surface area contributed by atoms with Crippen LogP contribution in [0.4, 0.5) is 42.2 Å². The van der Waals surface area contributed by atoms with Gasteiger partial charge in [-0.05, 0) is 229 Å². The van der Waals surface area contributed by atoms with Crippen molar-refractivity contribution >= 4 is 331 Å². The molecule has 0 bridgehead atoms. The summed E-state index contributed by atoms with van der Waals surface area (Å²) in [6, 6.07) is 29.8. The molecule has 23 nitrogen and oxygen atoms in total. The zero-order valence-electron chi connectivity index (χ0n) is 72.7. The number of rotatable bonds is 11. The molecule has 8 saturated heterocycles. The van der Waals surface area contributed by atoms with Crippen molar-refractivity contribution in [1.29, 1.82) is 0 Å². The average Bonchev–Trinajstić information content (AvgIpc) is 1.67. The molecule has 45 heteroatoms. The second-order valence-corrected chi connectivity index (χ2v) is 49.3. The number of fused-ring (bicyclic) bond motifs is 6. The van der Waals surface area contributed by atoms with Gasteiger partial charge in [0.05, 0.1) is 47.7 Å². The Morgan fingerprint density at radius 3 is 1.18 bits per heavy atom. The third kappa shape index (κ3) is 24.1. The summed E-state index contributed by atoms with van der Waals surface area (Å²) in [4.78, 5) is 70.1. The van der Waals surface area contributed by atoms with Crippen molar-refractivity contribution in [2.24, 2.45) is 21.7 Å². The lowest BCUT2D eigenvalue weighted by Gasteiger charge is -2.60. The Morgan fingerprint density at radius 2 is 0.815 bits per heavy atom. The van der Waals surface area contributed by atoms with Crippen LogP contribution in [0.5, 0.6) is 17.2 Å². The van der Waals surface area contributed by atoms with Gasteiger partial charge in [0, 0.05) is 165 Å². The van der Waals surface area contributed by atoms with Gasteiger partial charge in [0.25, 0.3) is 0 Å². The highest BCUT2D eigenvalue weighted by Crippen LogP contribution is 2.53. The molecule has 0 unspecified atom stereocenters. The van der Waals surface area contributed by atoms with E-state index in [-0.39, 0.29) is 75.4 Å². The van der Waals surface area contributed by atoms with Crippen LogP contribution in [0, 0.1) is 44.9 Å². The van der Waals surface area contributed by atoms with E-state index in [1.165, 1.54) is 46.7 Å². The van der Waals surface area contributed by atoms with Crippen LogP contribution in [0.3, 0.4) is 0 Å². The monoisotopic (exact) mass is 2420 g/mol. The van der Waals surface area contributed by atoms with Gasteiger partial charge >= 0.3 is 23.1 Å². The van der Waals surface area contributed by atoms with E-state index in [4.69, 9.17) is 98.2 Å². The van der Waals surface area contributed by atoms with Crippen molar-refractivity contribution < 1.29 is 70.2 Å². The predicted octanol–water partition coefficient (Wildman–Crippen LogP) is 25.2. The highest BCUT2D eigenvalue weighted by atomic mass is 79.9. The number of amides is 4. The van der Waals surface area contributed by atoms with E-state index >= 15 is 4.39 Å². The molecule has 1 radical (unpaired) electrons. The lowest BCUT2D eigenvalue weighted by Crippen LogP contribution is -2.73. The molecule has 0 saturated carbocycles. The van der Waals surface area contributed by atoms with Gasteiger partial charge in [0.15, 0.2) is 23.3 Å². The third-order valence-electron chi connectivity index (χ3n) is 22.6. The van der Waals surface area contributed by atoms with Crippen LogP contribution in [0.1, 0.15) is 49.0 Å². The topological polar surface area (TPSA) is 238 Å². The fourth-order valence-electron chi connectivity index (χ4n) is 16.5. The second kappa shape index (κ2) is 44.3. The maximum atomic E-state index is 15.9. The Bertz CT molecular complexity index is 6530. The Hall–Kier alpha value is -6.60. The first-order valence-corrected chi connectivity index (χ1v) is 51.3. The van der Waals surface area contributed by atoms with Crippen molar-refractivity contribution in [3.05, 3.63) is 196 Å². The van der Waals surface area contributed by atoms with Crippen LogP contribution < -0.4 is 34.1 Å². The lowest BCUT2D eigenvalue weighted by atomic mass is 9.73. The molecule has 0 atom stereocenters. The van der Waals surface area contributed by atoms with Crippen molar-refractivity contribution in [2.75, 3.05) is 134 Å². The Labute approximate surface area is 874 Å². The molecule has 8 fully saturated rings. The van der Waals surface area contributed by atoms with Crippen LogP contribution in [0.25, 0.3) is 76.3 Å². The number of nitrogens with zero attached hydrogens (tertiary/aromatic N) is 11. The molecule has 8 aromatic carbocycles. The van der Waals surface area contributed by atoms with E-state index in [0.29, 0.717) is 101 Å². The molecule has 20 rings (SSSR count). The molecule has 135 heavy (non-hydrogen) atoms. The van der Waals surface area contributed by atoms with Gasteiger partial charge in [0.2, 0.25) is 17.1 Å². The maximum absolute atomic E-state index is 15.9. The summed E-state index contributed by atoms with van der Waals surface area (Å²) in [5, 5.41) is 22.0. The number of benzene rings is 8. The molecule has 0 aliphatic carbocycles. The number of aromatic nitrogens is 4. The van der Waals surface area contributed by atoms with Crippen molar-refractivity contribution in [3.8, 4) is 28.4 Å². The number of nitrogens with one attached hydrogen (secondary N) is 1. The molecular weight excluding hydrogens is 2340 g/mol. The second-order valence-electron chi connectivity index (χ2n) is 34.9. The minimum Gasteiger partial charge on any atom is -0.537 e. The number of allylic oxidation sites excluding steroid dienone is 1. The summed E-state index contributed by atoms with van der Waals surface area (Å²) < 4.78 is 102. The van der Waals surface area contributed by atoms with Gasteiger partial charge in [0.1, 0.15) is 69.9 Å². The smallest absolute Gasteiger partial charge is 0.537 e. The third-order valence-corrected chi connectivity index (χ3v) is 30.8. The number of anilines is 3. The van der Waals surface area contributed by atoms with Crippen molar-refractivity contribution in [3.63, 3.8) is 0 Å². The van der Waals surface area contributed by atoms with Gasteiger partial charge in [-0.2, -0.15) is 17.5 Å². The highest BCUT2D eigenvalue weighted by molar-refractivity contribution is 9.69. The van der Waals surface area contributed by atoms with Crippen LogP contribution in [-0.2, 0) is 23.9 Å². The van der Waals surface area contributed by atoms with E-state index in [0.717, 1.165) is 162 Å². The Balaban J connectivity index is 0.000000147. The van der Waals surface area contributed by atoms with Gasteiger partial charge in [-0.25, -0.2) is 27.2 Å². The fourth-order valence-corrected chi connectivity index (χ4v) is 21.7. The van der Waals surface area contributed by atoms with Crippen LogP contribution in [-0.4, -0.2) is 212 Å². The van der Waals surface area contributed by atoms with Crippen LogP contribution in [0.2, 0.25) is 24.4 Å². The standard InChI is InChI=1S/C26H21ClFN3O2S.C17H18BrClFN3O2S.C15H12BrClFN3OS.C11H10BO3.C10H18N2O2.C7HBrCl2FNS.C3H3ClO.CH4.BBr3/c1-3-21(32)30-11-26(12-30)13-31(14-26)25-19-10-20(27)22(23(28)24(19)29-34-25)18-9-16(33-2)8-15-6-4-5-7-17(15)18;1-16(2,3)25-15(24)23-7-17(8-23)5-22(6-17)14-9-4-10(19)11(18)12(20)13(9)21-26-14;1-2-10(22)20-4-15(5-20)6-21(7-15)14-8-3-9(17)11(16)12(18)13(8)19-23-14;1-14-9-6-8-4-2-3-5-10(8)11(7-9)15-12-13;1-9(2,3)14-8(13)12-6-10(7-12)4-11-5-10;8-4-3(9)1-2-6(5(4)11)12-13-7(2)10;1-2-3(4)5;;2-1(3)4/h3-10H,1,11-14H2,2H3;4H,5-8H2,1-3H3;2-3H,1,4-7H2;2-7,13H,1H3;11H,4-7H2,1-3H3;1H;2H,1H2;1H4;. The molecule has 8 aliphatic heterocycles. The minimum absolute atomic E-state index is 0. The van der Waals surface area contributed by atoms with E-state index in [9.17, 15) is 37.1 Å². The zero-order chi connectivity index (χ0) is 97.3. The zero-order valence-corrected chi connectivity index (χ0v) is 90.0. The first-order valence-electron chi connectivity index (χ1n) is 40.8. The fraction of sp³-hybridized carbons (Fsp3) is 0.344. The number of carbonyl (C=O) groups excluding carboxylic acids is 5. The Kier molecular flexibility index (Phi) is 35.2. The summed E-state index contributed by atoms with van der Waals surface area (Å²) in [6.45, 7) is 34.5. The molecule has 12 aromatic rings. The Morgan fingerprint density at radius 1 is 0.481 bits per heavy atom. The maximum Gasteiger partial charge on any atom is 0.569 e. The van der Waals surface area contributed by atoms with E-state index < -0.39 is 34.1 Å². The van der Waals surface area contributed by atoms with Crippen LogP contribution in [0.15, 0.2) is 148 Å². The number of hydrogen-bond donors (Lipinski definition) is 2. The predicted molar refractivity (Wildman–Crippen MR) is 564 cm³/mol. The number of halogens is 16. The highest BCUT2D eigenvalue weighted by Gasteiger charge is 2.57. The molecular formula is C90H87B2Br6Cl6F4N12O11S4. The van der Waals surface area contributed by atoms with Gasteiger partial charge in [-0.15, -0.1) is 47.3 Å². The van der Waals surface area contributed by atoms with E-state index in [2.05, 4.69) is 152 Å². The van der Waals surface area contributed by atoms with Gasteiger partial charge in [-0.3, -0.25) is 14.4 Å². The summed E-state index contributed by atoms with van der Waals surface area (Å²) in [5.41, 5.74) is 2.17. The molecule has 4 spiro atoms. The molecule has 4 aromatic heterocycles. The summed E-state index contributed by atoms with van der Waals surface area (Å²) >= 11 is 58.7. The molecule has 715 valence electrons. The number of ether oxygens (including phenoxy) is 4. The molecule has 12 heterocycles. The first kappa shape index (κ1) is 107. The summed E-state index contributed by atoms with van der Waals surface area (Å²) in [6.07, 6.45) is 3.32. The molecule has 8 aliphatic rings. The summed E-state index contributed by atoms with van der Waals surface area (Å²) in [7, 11) is 3.86. The molecule has 4 amide bonds. The quantitative estimate of drug-likeness (QED) is 0.0402. The number of methoxy groups -OCH3 is 2. The first-order chi connectivity index (χ1) is 63.3. The van der Waals surface area contributed by atoms with E-state index in [1.807, 2.05) is 114 Å². The summed E-state index contributed by atoms with van der Waals surface area (Å²) in [5.74, 6) is 0.128. The normalized spacial score (nSPS) is 16.1. The van der Waals surface area contributed by atoms with E-state index in [1.54, 1.807) is 58.1 Å². The lowest BCUT2D eigenvalue weighted by molar-refractivity contribution is -0.140. The number of likely N-dealkylation sites (tertiary alicyclic amines) is 4. The van der Waals surface area contributed by atoms with Crippen molar-refractivity contribution in [1.82, 2.24) is 42.4 Å². The van der Waals surface area contributed by atoms with Gasteiger partial charge in [-0.1, -0.05) is 134 Å². The molecule has 2 N–H and O–H groups in total. The minimum atomic E-state index is -0.509. The number of hydrogen-bond acceptors (Lipinski definition) is 23. The largest absolute Gasteiger partial charge is 0.569 e. The van der Waals surface area contributed by atoms with Crippen molar-refractivity contribution in [2.45, 2.75) is 60.2 Å².